The van der Waals surface area contributed by atoms with E-state index in [9.17, 15) is 4.79 Å². The molecule has 0 N–H and O–H groups in total. The summed E-state index contributed by atoms with van der Waals surface area (Å²) in [5.74, 6) is 2.59. The number of hydrogen-bond donors (Lipinski definition) is 0. The van der Waals surface area contributed by atoms with Gasteiger partial charge in [0.15, 0.2) is 23.0 Å². The first-order chi connectivity index (χ1) is 19.4. The minimum absolute atomic E-state index is 0.0563. The van der Waals surface area contributed by atoms with Gasteiger partial charge in [-0.05, 0) is 41.7 Å². The SMILES string of the molecule is COc1cc2c(c(OC)c1OC)-c1c(cc3c(c1OC)OCO3)[C@@H](OC(=O)/C=C/c1ccccc1)[C@H](C)[C@H](C)C2. The lowest BCUT2D eigenvalue weighted by atomic mass is 9.76. The van der Waals surface area contributed by atoms with Crippen LogP contribution in [-0.4, -0.2) is 41.2 Å². The van der Waals surface area contributed by atoms with E-state index in [4.69, 9.17) is 33.2 Å². The van der Waals surface area contributed by atoms with Crippen LogP contribution in [0.1, 0.15) is 36.6 Å². The number of rotatable bonds is 7. The highest BCUT2D eigenvalue weighted by Crippen LogP contribution is 2.58. The van der Waals surface area contributed by atoms with Crippen molar-refractivity contribution >= 4 is 12.0 Å². The zero-order valence-electron chi connectivity index (χ0n) is 23.6. The summed E-state index contributed by atoms with van der Waals surface area (Å²) in [5, 5.41) is 0. The Labute approximate surface area is 234 Å². The molecule has 0 fully saturated rings. The van der Waals surface area contributed by atoms with Crippen LogP contribution in [0.3, 0.4) is 0 Å². The van der Waals surface area contributed by atoms with Gasteiger partial charge in [0.2, 0.25) is 18.3 Å². The van der Waals surface area contributed by atoms with Gasteiger partial charge in [0, 0.05) is 28.7 Å². The maximum absolute atomic E-state index is 13.2. The predicted molar refractivity (Wildman–Crippen MR) is 151 cm³/mol. The molecule has 3 atom stereocenters. The molecule has 8 nitrogen and oxygen atoms in total. The average Bonchev–Trinajstić information content (AvgIpc) is 3.45. The van der Waals surface area contributed by atoms with E-state index < -0.39 is 12.1 Å². The molecule has 0 saturated carbocycles. The van der Waals surface area contributed by atoms with Crippen LogP contribution in [0.4, 0.5) is 0 Å². The number of fused-ring (bicyclic) bond motifs is 4. The molecule has 0 saturated heterocycles. The van der Waals surface area contributed by atoms with Crippen LogP contribution in [0.2, 0.25) is 0 Å². The van der Waals surface area contributed by atoms with Gasteiger partial charge in [-0.3, -0.25) is 0 Å². The first-order valence-electron chi connectivity index (χ1n) is 13.2. The molecule has 2 aliphatic rings. The summed E-state index contributed by atoms with van der Waals surface area (Å²) < 4.78 is 41.2. The van der Waals surface area contributed by atoms with Crippen molar-refractivity contribution in [2.45, 2.75) is 26.4 Å². The lowest BCUT2D eigenvalue weighted by Gasteiger charge is -2.35. The summed E-state index contributed by atoms with van der Waals surface area (Å²) in [4.78, 5) is 13.2. The Balaban J connectivity index is 1.74. The molecule has 0 radical (unpaired) electrons. The fourth-order valence-electron chi connectivity index (χ4n) is 5.53. The molecule has 1 heterocycles. The van der Waals surface area contributed by atoms with Gasteiger partial charge < -0.3 is 33.2 Å². The molecular formula is C32H34O8. The summed E-state index contributed by atoms with van der Waals surface area (Å²) in [6.07, 6.45) is 3.25. The third-order valence-corrected chi connectivity index (χ3v) is 7.69. The molecule has 3 aromatic rings. The zero-order valence-corrected chi connectivity index (χ0v) is 23.6. The highest BCUT2D eigenvalue weighted by atomic mass is 16.7. The number of ether oxygens (including phenoxy) is 7. The van der Waals surface area contributed by atoms with Crippen LogP contribution in [-0.2, 0) is 16.0 Å². The maximum atomic E-state index is 13.2. The Hall–Kier alpha value is -4.33. The smallest absolute Gasteiger partial charge is 0.331 e. The van der Waals surface area contributed by atoms with Gasteiger partial charge in [-0.2, -0.15) is 0 Å². The highest BCUT2D eigenvalue weighted by molar-refractivity contribution is 5.90. The fraction of sp³-hybridized carbons (Fsp3) is 0.344. The monoisotopic (exact) mass is 546 g/mol. The van der Waals surface area contributed by atoms with E-state index in [1.165, 1.54) is 6.08 Å². The van der Waals surface area contributed by atoms with Crippen molar-refractivity contribution in [2.75, 3.05) is 35.2 Å². The van der Waals surface area contributed by atoms with Crippen molar-refractivity contribution in [3.8, 4) is 45.6 Å². The number of carbonyl (C=O) groups excluding carboxylic acids is 1. The summed E-state index contributed by atoms with van der Waals surface area (Å²) >= 11 is 0. The van der Waals surface area contributed by atoms with Gasteiger partial charge in [0.1, 0.15) is 6.10 Å². The molecular weight excluding hydrogens is 512 g/mol. The molecule has 0 bridgehead atoms. The van der Waals surface area contributed by atoms with E-state index in [1.807, 2.05) is 42.5 Å². The third kappa shape index (κ3) is 4.78. The molecule has 1 aliphatic carbocycles. The van der Waals surface area contributed by atoms with Crippen molar-refractivity contribution in [1.29, 1.82) is 0 Å². The topological polar surface area (TPSA) is 81.7 Å². The van der Waals surface area contributed by atoms with Gasteiger partial charge >= 0.3 is 5.97 Å². The summed E-state index contributed by atoms with van der Waals surface area (Å²) in [6.45, 7) is 4.29. The normalized spacial score (nSPS) is 19.2. The van der Waals surface area contributed by atoms with Crippen LogP contribution in [0.5, 0.6) is 34.5 Å². The highest BCUT2D eigenvalue weighted by Gasteiger charge is 2.39. The number of esters is 1. The summed E-state index contributed by atoms with van der Waals surface area (Å²) in [5.41, 5.74) is 4.09. The molecule has 210 valence electrons. The Morgan fingerprint density at radius 1 is 0.875 bits per heavy atom. The summed E-state index contributed by atoms with van der Waals surface area (Å²) in [6, 6.07) is 13.5. The van der Waals surface area contributed by atoms with E-state index >= 15 is 0 Å². The minimum atomic E-state index is -0.618. The second kappa shape index (κ2) is 11.4. The van der Waals surface area contributed by atoms with Gasteiger partial charge in [0.25, 0.3) is 0 Å². The minimum Gasteiger partial charge on any atom is -0.493 e. The number of methoxy groups -OCH3 is 4. The first kappa shape index (κ1) is 27.2. The molecule has 40 heavy (non-hydrogen) atoms. The van der Waals surface area contributed by atoms with Gasteiger partial charge in [-0.15, -0.1) is 0 Å². The summed E-state index contributed by atoms with van der Waals surface area (Å²) in [7, 11) is 6.35. The van der Waals surface area contributed by atoms with E-state index in [-0.39, 0.29) is 18.6 Å². The fourth-order valence-corrected chi connectivity index (χ4v) is 5.53. The van der Waals surface area contributed by atoms with Crippen LogP contribution >= 0.6 is 0 Å². The quantitative estimate of drug-likeness (QED) is 0.254. The van der Waals surface area contributed by atoms with Crippen LogP contribution in [0, 0.1) is 11.8 Å². The van der Waals surface area contributed by atoms with Crippen molar-refractivity contribution in [1.82, 2.24) is 0 Å². The van der Waals surface area contributed by atoms with Gasteiger partial charge in [0.05, 0.1) is 28.4 Å². The number of hydrogen-bond acceptors (Lipinski definition) is 8. The standard InChI is InChI=1S/C32H34O8/c1-18-14-21-15-23(34-3)29(35-4)31(36-5)26(21)27-22(16-24-30(32(27)37-6)39-17-38-24)28(19(18)2)40-25(33)13-12-20-10-8-7-9-11-20/h7-13,15-16,18-19,28H,14,17H2,1-6H3/b13-12+/t18-,19-,28+/m1/s1. The molecule has 0 spiro atoms. The first-order valence-corrected chi connectivity index (χ1v) is 13.2. The predicted octanol–water partition coefficient (Wildman–Crippen LogP) is 6.24. The maximum Gasteiger partial charge on any atom is 0.331 e. The van der Waals surface area contributed by atoms with Crippen LogP contribution < -0.4 is 28.4 Å². The Bertz CT molecular complexity index is 1430. The Morgan fingerprint density at radius 2 is 1.60 bits per heavy atom. The van der Waals surface area contributed by atoms with E-state index in [1.54, 1.807) is 34.5 Å². The van der Waals surface area contributed by atoms with E-state index in [0.717, 1.165) is 22.3 Å². The number of carbonyl (C=O) groups is 1. The van der Waals surface area contributed by atoms with E-state index in [2.05, 4.69) is 13.8 Å². The largest absolute Gasteiger partial charge is 0.493 e. The molecule has 0 unspecified atom stereocenters. The molecule has 8 heteroatoms. The van der Waals surface area contributed by atoms with Crippen LogP contribution in [0.15, 0.2) is 48.5 Å². The van der Waals surface area contributed by atoms with E-state index in [0.29, 0.717) is 46.5 Å². The van der Waals surface area contributed by atoms with Crippen LogP contribution in [0.25, 0.3) is 17.2 Å². The Morgan fingerprint density at radius 3 is 2.27 bits per heavy atom. The second-order valence-corrected chi connectivity index (χ2v) is 9.93. The molecule has 1 aliphatic heterocycles. The van der Waals surface area contributed by atoms with Crippen molar-refractivity contribution < 1.29 is 38.0 Å². The second-order valence-electron chi connectivity index (χ2n) is 9.93. The van der Waals surface area contributed by atoms with Gasteiger partial charge in [-0.25, -0.2) is 4.79 Å². The molecule has 5 rings (SSSR count). The molecule has 0 amide bonds. The molecule has 0 aromatic heterocycles. The van der Waals surface area contributed by atoms with Crippen molar-refractivity contribution in [2.24, 2.45) is 11.8 Å². The zero-order chi connectivity index (χ0) is 28.4. The molecule has 3 aromatic carbocycles. The van der Waals surface area contributed by atoms with Crippen molar-refractivity contribution in [3.63, 3.8) is 0 Å². The lowest BCUT2D eigenvalue weighted by Crippen LogP contribution is -2.26. The third-order valence-electron chi connectivity index (χ3n) is 7.69. The lowest BCUT2D eigenvalue weighted by molar-refractivity contribution is -0.146. The van der Waals surface area contributed by atoms with Gasteiger partial charge in [-0.1, -0.05) is 44.2 Å². The average molecular weight is 547 g/mol. The number of benzene rings is 3. The van der Waals surface area contributed by atoms with Crippen molar-refractivity contribution in [3.05, 3.63) is 65.2 Å². The Kier molecular flexibility index (Phi) is 7.78.